The van der Waals surface area contributed by atoms with Crippen LogP contribution in [-0.2, 0) is 9.53 Å². The topological polar surface area (TPSA) is 46.5 Å². The predicted molar refractivity (Wildman–Crippen MR) is 50.7 cm³/mol. The van der Waals surface area contributed by atoms with Gasteiger partial charge in [0, 0.05) is 6.61 Å². The monoisotopic (exact) mass is 192 g/mol. The first kappa shape index (κ1) is 11.8. The Bertz CT molecular complexity index is 119. The fraction of sp³-hybridized carbons (Fsp3) is 0.875. The molecule has 0 radical (unpaired) electrons. The largest absolute Gasteiger partial charge is 0.479 e. The molecule has 0 fully saturated rings. The van der Waals surface area contributed by atoms with Crippen LogP contribution < -0.4 is 0 Å². The Morgan fingerprint density at radius 3 is 2.75 bits per heavy atom. The van der Waals surface area contributed by atoms with Crippen molar-refractivity contribution in [2.24, 2.45) is 0 Å². The number of carbonyl (C=O) groups is 1. The normalized spacial score (nSPS) is 12.8. The summed E-state index contributed by atoms with van der Waals surface area (Å²) >= 11 is 1.64. The van der Waals surface area contributed by atoms with Crippen molar-refractivity contribution >= 4 is 17.7 Å². The summed E-state index contributed by atoms with van der Waals surface area (Å²) in [5, 5.41) is 8.69. The number of aliphatic carboxylic acids is 1. The Hall–Kier alpha value is -0.220. The van der Waals surface area contributed by atoms with E-state index in [4.69, 9.17) is 9.84 Å². The minimum Gasteiger partial charge on any atom is -0.479 e. The summed E-state index contributed by atoms with van der Waals surface area (Å²) in [6, 6.07) is 0. The van der Waals surface area contributed by atoms with Gasteiger partial charge in [-0.1, -0.05) is 6.92 Å². The van der Waals surface area contributed by atoms with Gasteiger partial charge in [-0.15, -0.1) is 0 Å². The van der Waals surface area contributed by atoms with E-state index in [1.165, 1.54) is 0 Å². The molecule has 0 saturated carbocycles. The standard InChI is InChI=1S/C8H16O3S/c1-3-5-11-7(8(9)10)4-6-12-2/h7H,3-6H2,1-2H3,(H,9,10). The van der Waals surface area contributed by atoms with Crippen LogP contribution in [0.15, 0.2) is 0 Å². The zero-order valence-electron chi connectivity index (χ0n) is 7.58. The summed E-state index contributed by atoms with van der Waals surface area (Å²) < 4.78 is 5.14. The molecule has 4 heteroatoms. The number of thioether (sulfide) groups is 1. The van der Waals surface area contributed by atoms with Crippen LogP contribution in [0.2, 0.25) is 0 Å². The van der Waals surface area contributed by atoms with Gasteiger partial charge in [-0.05, 0) is 24.9 Å². The van der Waals surface area contributed by atoms with Crippen molar-refractivity contribution in [2.45, 2.75) is 25.9 Å². The smallest absolute Gasteiger partial charge is 0.332 e. The van der Waals surface area contributed by atoms with Crippen LogP contribution in [0, 0.1) is 0 Å². The molecule has 1 unspecified atom stereocenters. The van der Waals surface area contributed by atoms with E-state index in [0.717, 1.165) is 12.2 Å². The van der Waals surface area contributed by atoms with E-state index in [2.05, 4.69) is 0 Å². The SMILES string of the molecule is CCCOC(CCSC)C(=O)O. The molecule has 0 bridgehead atoms. The highest BCUT2D eigenvalue weighted by molar-refractivity contribution is 7.98. The minimum absolute atomic E-state index is 0.533. The zero-order chi connectivity index (χ0) is 9.40. The Kier molecular flexibility index (Phi) is 7.29. The Morgan fingerprint density at radius 2 is 2.33 bits per heavy atom. The van der Waals surface area contributed by atoms with Crippen LogP contribution in [0.25, 0.3) is 0 Å². The molecule has 0 heterocycles. The quantitative estimate of drug-likeness (QED) is 0.666. The molecule has 0 rings (SSSR count). The molecule has 0 saturated heterocycles. The van der Waals surface area contributed by atoms with Gasteiger partial charge in [0.1, 0.15) is 0 Å². The van der Waals surface area contributed by atoms with E-state index < -0.39 is 12.1 Å². The average molecular weight is 192 g/mol. The lowest BCUT2D eigenvalue weighted by Gasteiger charge is -2.11. The van der Waals surface area contributed by atoms with Crippen molar-refractivity contribution in [3.8, 4) is 0 Å². The molecule has 12 heavy (non-hydrogen) atoms. The molecule has 0 aliphatic rings. The molecule has 1 N–H and O–H groups in total. The van der Waals surface area contributed by atoms with E-state index >= 15 is 0 Å². The van der Waals surface area contributed by atoms with E-state index in [-0.39, 0.29) is 0 Å². The van der Waals surface area contributed by atoms with Crippen LogP contribution in [0.5, 0.6) is 0 Å². The average Bonchev–Trinajstić information content (AvgIpc) is 2.04. The van der Waals surface area contributed by atoms with Crippen molar-refractivity contribution in [1.29, 1.82) is 0 Å². The molecule has 72 valence electrons. The molecule has 0 aromatic rings. The highest BCUT2D eigenvalue weighted by Gasteiger charge is 2.16. The van der Waals surface area contributed by atoms with Crippen molar-refractivity contribution in [3.63, 3.8) is 0 Å². The number of hydrogen-bond acceptors (Lipinski definition) is 3. The lowest BCUT2D eigenvalue weighted by atomic mass is 10.3. The van der Waals surface area contributed by atoms with Crippen LogP contribution in [0.4, 0.5) is 0 Å². The zero-order valence-corrected chi connectivity index (χ0v) is 8.39. The second-order valence-electron chi connectivity index (χ2n) is 2.48. The van der Waals surface area contributed by atoms with Crippen LogP contribution in [-0.4, -0.2) is 35.8 Å². The van der Waals surface area contributed by atoms with Crippen LogP contribution >= 0.6 is 11.8 Å². The lowest BCUT2D eigenvalue weighted by molar-refractivity contribution is -0.150. The molecule has 0 spiro atoms. The minimum atomic E-state index is -0.850. The lowest BCUT2D eigenvalue weighted by Crippen LogP contribution is -2.24. The molecule has 3 nitrogen and oxygen atoms in total. The molecule has 0 aromatic carbocycles. The maximum absolute atomic E-state index is 10.6. The summed E-state index contributed by atoms with van der Waals surface area (Å²) in [6.07, 6.45) is 2.80. The van der Waals surface area contributed by atoms with Crippen molar-refractivity contribution in [3.05, 3.63) is 0 Å². The third kappa shape index (κ3) is 5.43. The van der Waals surface area contributed by atoms with Gasteiger partial charge < -0.3 is 9.84 Å². The fourth-order valence-corrected chi connectivity index (χ4v) is 1.21. The van der Waals surface area contributed by atoms with E-state index in [9.17, 15) is 4.79 Å². The molecule has 1 atom stereocenters. The summed E-state index contributed by atoms with van der Waals surface area (Å²) in [7, 11) is 0. The van der Waals surface area contributed by atoms with E-state index in [0.29, 0.717) is 13.0 Å². The Balaban J connectivity index is 3.62. The highest BCUT2D eigenvalue weighted by Crippen LogP contribution is 2.05. The van der Waals surface area contributed by atoms with Gasteiger partial charge in [0.05, 0.1) is 0 Å². The Labute approximate surface area is 77.5 Å². The number of carboxylic acid groups (broad SMARTS) is 1. The molecule has 0 aliphatic carbocycles. The van der Waals surface area contributed by atoms with Gasteiger partial charge in [-0.25, -0.2) is 4.79 Å². The van der Waals surface area contributed by atoms with Gasteiger partial charge >= 0.3 is 5.97 Å². The molecule has 0 amide bonds. The van der Waals surface area contributed by atoms with Gasteiger partial charge in [-0.2, -0.15) is 11.8 Å². The summed E-state index contributed by atoms with van der Waals surface area (Å²) in [4.78, 5) is 10.6. The number of ether oxygens (including phenoxy) is 1. The predicted octanol–water partition coefficient (Wildman–Crippen LogP) is 1.62. The van der Waals surface area contributed by atoms with Gasteiger partial charge in [0.15, 0.2) is 6.10 Å². The van der Waals surface area contributed by atoms with E-state index in [1.54, 1.807) is 11.8 Å². The third-order valence-electron chi connectivity index (χ3n) is 1.38. The molecule has 0 aliphatic heterocycles. The maximum Gasteiger partial charge on any atom is 0.332 e. The van der Waals surface area contributed by atoms with E-state index in [1.807, 2.05) is 13.2 Å². The highest BCUT2D eigenvalue weighted by atomic mass is 32.2. The maximum atomic E-state index is 10.6. The van der Waals surface area contributed by atoms with Crippen LogP contribution in [0.1, 0.15) is 19.8 Å². The second kappa shape index (κ2) is 7.43. The second-order valence-corrected chi connectivity index (χ2v) is 3.46. The number of rotatable bonds is 7. The van der Waals surface area contributed by atoms with Crippen molar-refractivity contribution < 1.29 is 14.6 Å². The van der Waals surface area contributed by atoms with Gasteiger partial charge in [0.25, 0.3) is 0 Å². The first-order chi connectivity index (χ1) is 5.72. The summed E-state index contributed by atoms with van der Waals surface area (Å²) in [6.45, 7) is 2.50. The number of hydrogen-bond donors (Lipinski definition) is 1. The third-order valence-corrected chi connectivity index (χ3v) is 2.03. The summed E-state index contributed by atoms with van der Waals surface area (Å²) in [5.74, 6) is -0.0155. The van der Waals surface area contributed by atoms with Crippen LogP contribution in [0.3, 0.4) is 0 Å². The van der Waals surface area contributed by atoms with Gasteiger partial charge in [0.2, 0.25) is 0 Å². The van der Waals surface area contributed by atoms with Crippen molar-refractivity contribution in [1.82, 2.24) is 0 Å². The van der Waals surface area contributed by atoms with Crippen molar-refractivity contribution in [2.75, 3.05) is 18.6 Å². The van der Waals surface area contributed by atoms with Gasteiger partial charge in [-0.3, -0.25) is 0 Å². The molecular formula is C8H16O3S. The first-order valence-corrected chi connectivity index (χ1v) is 5.45. The Morgan fingerprint density at radius 1 is 1.67 bits per heavy atom. The number of carboxylic acids is 1. The molecule has 0 aromatic heterocycles. The first-order valence-electron chi connectivity index (χ1n) is 4.05. The fourth-order valence-electron chi connectivity index (χ4n) is 0.763. The molecular weight excluding hydrogens is 176 g/mol. The summed E-state index contributed by atoms with van der Waals surface area (Å²) in [5.41, 5.74) is 0.